The minimum atomic E-state index is 0.589. The fourth-order valence-electron chi connectivity index (χ4n) is 1.92. The molecule has 82 valence electrons. The third-order valence-electron chi connectivity index (χ3n) is 2.93. The molecule has 0 saturated carbocycles. The summed E-state index contributed by atoms with van der Waals surface area (Å²) in [5.74, 6) is 0. The van der Waals surface area contributed by atoms with Crippen LogP contribution in [0.2, 0.25) is 0 Å². The zero-order valence-electron chi connectivity index (χ0n) is 8.63. The molecule has 0 atom stereocenters. The van der Waals surface area contributed by atoms with Crippen LogP contribution in [0.3, 0.4) is 0 Å². The van der Waals surface area contributed by atoms with E-state index in [-0.39, 0.29) is 0 Å². The number of hydrogen-bond acceptors (Lipinski definition) is 4. The first kappa shape index (κ1) is 10.4. The number of hydrogen-bond donors (Lipinski definition) is 2. The molecule has 2 rings (SSSR count). The number of rotatable bonds is 3. The third kappa shape index (κ3) is 3.20. The Hall–Kier alpha value is -0.160. The first-order valence-corrected chi connectivity index (χ1v) is 5.62. The van der Waals surface area contributed by atoms with Gasteiger partial charge in [-0.05, 0) is 25.7 Å². The van der Waals surface area contributed by atoms with E-state index in [1.165, 1.54) is 0 Å². The van der Waals surface area contributed by atoms with Crippen LogP contribution >= 0.6 is 0 Å². The maximum absolute atomic E-state index is 5.30. The first-order chi connectivity index (χ1) is 6.95. The van der Waals surface area contributed by atoms with Gasteiger partial charge >= 0.3 is 0 Å². The number of ether oxygens (including phenoxy) is 2. The van der Waals surface area contributed by atoms with Crippen molar-refractivity contribution in [2.24, 2.45) is 0 Å². The van der Waals surface area contributed by atoms with Crippen molar-refractivity contribution in [2.45, 2.75) is 37.8 Å². The van der Waals surface area contributed by atoms with Gasteiger partial charge in [-0.25, -0.2) is 0 Å². The zero-order valence-corrected chi connectivity index (χ0v) is 8.63. The highest BCUT2D eigenvalue weighted by molar-refractivity contribution is 4.72. The minimum absolute atomic E-state index is 0.589. The summed E-state index contributed by atoms with van der Waals surface area (Å²) < 4.78 is 10.6. The van der Waals surface area contributed by atoms with Crippen LogP contribution in [0.1, 0.15) is 25.7 Å². The zero-order chi connectivity index (χ0) is 9.64. The summed E-state index contributed by atoms with van der Waals surface area (Å²) >= 11 is 0. The molecule has 2 aliphatic heterocycles. The maximum Gasteiger partial charge on any atom is 0.0481 e. The molecular formula is C10H20N2O2. The first-order valence-electron chi connectivity index (χ1n) is 5.62. The molecule has 0 aliphatic carbocycles. The molecular weight excluding hydrogens is 180 g/mol. The Morgan fingerprint density at radius 1 is 0.643 bits per heavy atom. The van der Waals surface area contributed by atoms with E-state index < -0.39 is 0 Å². The van der Waals surface area contributed by atoms with Crippen LogP contribution in [0, 0.1) is 0 Å². The molecule has 0 spiro atoms. The molecule has 0 aromatic rings. The Bertz CT molecular complexity index is 136. The van der Waals surface area contributed by atoms with Gasteiger partial charge in [0.05, 0.1) is 0 Å². The molecule has 2 aliphatic rings. The van der Waals surface area contributed by atoms with Gasteiger partial charge in [-0.15, -0.1) is 0 Å². The van der Waals surface area contributed by atoms with Crippen molar-refractivity contribution in [3.05, 3.63) is 0 Å². The molecule has 4 heteroatoms. The number of hydrazine groups is 1. The Morgan fingerprint density at radius 2 is 1.00 bits per heavy atom. The van der Waals surface area contributed by atoms with Crippen LogP contribution in [-0.2, 0) is 9.47 Å². The predicted octanol–water partition coefficient (Wildman–Crippen LogP) is 0.439. The Kier molecular flexibility index (Phi) is 4.19. The van der Waals surface area contributed by atoms with E-state index in [9.17, 15) is 0 Å². The lowest BCUT2D eigenvalue weighted by atomic mass is 10.1. The molecule has 0 aromatic carbocycles. The molecule has 2 saturated heterocycles. The Morgan fingerprint density at radius 3 is 1.36 bits per heavy atom. The average molecular weight is 200 g/mol. The monoisotopic (exact) mass is 200 g/mol. The van der Waals surface area contributed by atoms with Crippen molar-refractivity contribution in [2.75, 3.05) is 26.4 Å². The SMILES string of the molecule is C1CC(NNC2CCOCC2)CCO1. The van der Waals surface area contributed by atoms with Gasteiger partial charge in [0, 0.05) is 38.5 Å². The van der Waals surface area contributed by atoms with Gasteiger partial charge < -0.3 is 9.47 Å². The Labute approximate surface area is 85.3 Å². The average Bonchev–Trinajstić information content (AvgIpc) is 2.29. The highest BCUT2D eigenvalue weighted by Crippen LogP contribution is 2.08. The standard InChI is InChI=1S/C10H20N2O2/c1-5-13-6-2-9(1)11-12-10-3-7-14-8-4-10/h9-12H,1-8H2. The van der Waals surface area contributed by atoms with Crippen LogP contribution in [0.5, 0.6) is 0 Å². The molecule has 0 aromatic heterocycles. The lowest BCUT2D eigenvalue weighted by Crippen LogP contribution is -2.50. The van der Waals surface area contributed by atoms with E-state index in [4.69, 9.17) is 9.47 Å². The van der Waals surface area contributed by atoms with E-state index >= 15 is 0 Å². The van der Waals surface area contributed by atoms with Gasteiger partial charge in [-0.1, -0.05) is 0 Å². The second kappa shape index (κ2) is 5.66. The van der Waals surface area contributed by atoms with Gasteiger partial charge in [-0.2, -0.15) is 0 Å². The van der Waals surface area contributed by atoms with Gasteiger partial charge in [0.1, 0.15) is 0 Å². The van der Waals surface area contributed by atoms with Crippen molar-refractivity contribution in [1.82, 2.24) is 10.9 Å². The summed E-state index contributed by atoms with van der Waals surface area (Å²) in [6, 6.07) is 1.18. The van der Waals surface area contributed by atoms with Crippen molar-refractivity contribution in [3.8, 4) is 0 Å². The molecule has 2 heterocycles. The van der Waals surface area contributed by atoms with Crippen molar-refractivity contribution in [3.63, 3.8) is 0 Å². The molecule has 0 unspecified atom stereocenters. The van der Waals surface area contributed by atoms with Crippen LogP contribution < -0.4 is 10.9 Å². The molecule has 0 bridgehead atoms. The van der Waals surface area contributed by atoms with Gasteiger partial charge in [0.2, 0.25) is 0 Å². The lowest BCUT2D eigenvalue weighted by Gasteiger charge is -2.28. The van der Waals surface area contributed by atoms with E-state index in [0.29, 0.717) is 12.1 Å². The summed E-state index contributed by atoms with van der Waals surface area (Å²) in [5, 5.41) is 0. The summed E-state index contributed by atoms with van der Waals surface area (Å²) in [7, 11) is 0. The lowest BCUT2D eigenvalue weighted by molar-refractivity contribution is 0.0563. The molecule has 2 N–H and O–H groups in total. The van der Waals surface area contributed by atoms with Crippen LogP contribution in [0.25, 0.3) is 0 Å². The summed E-state index contributed by atoms with van der Waals surface area (Å²) in [6.07, 6.45) is 4.49. The van der Waals surface area contributed by atoms with Crippen LogP contribution in [0.15, 0.2) is 0 Å². The maximum atomic E-state index is 5.30. The fourth-order valence-corrected chi connectivity index (χ4v) is 1.92. The molecule has 2 fully saturated rings. The molecule has 14 heavy (non-hydrogen) atoms. The van der Waals surface area contributed by atoms with Crippen molar-refractivity contribution in [1.29, 1.82) is 0 Å². The third-order valence-corrected chi connectivity index (χ3v) is 2.93. The topological polar surface area (TPSA) is 42.5 Å². The van der Waals surface area contributed by atoms with Crippen LogP contribution in [0.4, 0.5) is 0 Å². The second-order valence-electron chi connectivity index (χ2n) is 4.06. The minimum Gasteiger partial charge on any atom is -0.381 e. The van der Waals surface area contributed by atoms with Gasteiger partial charge in [0.15, 0.2) is 0 Å². The van der Waals surface area contributed by atoms with Crippen molar-refractivity contribution >= 4 is 0 Å². The van der Waals surface area contributed by atoms with Gasteiger partial charge in [-0.3, -0.25) is 10.9 Å². The predicted molar refractivity (Wildman–Crippen MR) is 54.0 cm³/mol. The van der Waals surface area contributed by atoms with E-state index in [1.54, 1.807) is 0 Å². The highest BCUT2D eigenvalue weighted by atomic mass is 16.5. The van der Waals surface area contributed by atoms with E-state index in [2.05, 4.69) is 10.9 Å². The molecule has 4 nitrogen and oxygen atoms in total. The highest BCUT2D eigenvalue weighted by Gasteiger charge is 2.16. The molecule has 0 amide bonds. The van der Waals surface area contributed by atoms with Crippen molar-refractivity contribution < 1.29 is 9.47 Å². The quantitative estimate of drug-likeness (QED) is 0.649. The van der Waals surface area contributed by atoms with Gasteiger partial charge in [0.25, 0.3) is 0 Å². The second-order valence-corrected chi connectivity index (χ2v) is 4.06. The normalized spacial score (nSPS) is 26.6. The Balaban J connectivity index is 1.60. The molecule has 0 radical (unpaired) electrons. The summed E-state index contributed by atoms with van der Waals surface area (Å²) in [4.78, 5) is 0. The summed E-state index contributed by atoms with van der Waals surface area (Å²) in [6.45, 7) is 3.58. The largest absolute Gasteiger partial charge is 0.381 e. The van der Waals surface area contributed by atoms with Crippen LogP contribution in [-0.4, -0.2) is 38.5 Å². The smallest absolute Gasteiger partial charge is 0.0481 e. The van der Waals surface area contributed by atoms with E-state index in [0.717, 1.165) is 52.1 Å². The fraction of sp³-hybridized carbons (Fsp3) is 1.00. The van der Waals surface area contributed by atoms with E-state index in [1.807, 2.05) is 0 Å². The summed E-state index contributed by atoms with van der Waals surface area (Å²) in [5.41, 5.74) is 6.81. The number of nitrogens with one attached hydrogen (secondary N) is 2.